The molecule has 2 rings (SSSR count). The standard InChI is InChI=1S/C14H20N2O4S/c1-9(2)11-8-20-14(15-11)10-6-5-7-12(19-3)13(10)16-21(4,17)18/h5-7,9,11,16H,8H2,1-4H3/t11-/m1/s1. The van der Waals surface area contributed by atoms with Gasteiger partial charge in [0.2, 0.25) is 15.9 Å². The molecule has 0 amide bonds. The molecule has 1 aromatic rings. The maximum absolute atomic E-state index is 11.6. The summed E-state index contributed by atoms with van der Waals surface area (Å²) in [5.41, 5.74) is 0.939. The smallest absolute Gasteiger partial charge is 0.229 e. The fraction of sp³-hybridized carbons (Fsp3) is 0.500. The quantitative estimate of drug-likeness (QED) is 0.900. The highest BCUT2D eigenvalue weighted by molar-refractivity contribution is 7.92. The summed E-state index contributed by atoms with van der Waals surface area (Å²) in [7, 11) is -1.95. The fourth-order valence-corrected chi connectivity index (χ4v) is 2.63. The third-order valence-corrected chi connectivity index (χ3v) is 3.78. The lowest BCUT2D eigenvalue weighted by molar-refractivity contribution is 0.292. The Bertz CT molecular complexity index is 653. The molecule has 6 nitrogen and oxygen atoms in total. The normalized spacial score (nSPS) is 18.3. The molecular formula is C14H20N2O4S. The lowest BCUT2D eigenvalue weighted by atomic mass is 10.1. The van der Waals surface area contributed by atoms with Gasteiger partial charge >= 0.3 is 0 Å². The minimum Gasteiger partial charge on any atom is -0.495 e. The molecule has 1 N–H and O–H groups in total. The van der Waals surface area contributed by atoms with E-state index in [4.69, 9.17) is 9.47 Å². The number of hydrogen-bond acceptors (Lipinski definition) is 5. The summed E-state index contributed by atoms with van der Waals surface area (Å²) in [6.07, 6.45) is 1.09. The Morgan fingerprint density at radius 3 is 2.67 bits per heavy atom. The number of ether oxygens (including phenoxy) is 2. The number of para-hydroxylation sites is 1. The van der Waals surface area contributed by atoms with Crippen LogP contribution in [0.5, 0.6) is 5.75 Å². The summed E-state index contributed by atoms with van der Waals surface area (Å²) in [4.78, 5) is 4.53. The topological polar surface area (TPSA) is 77.0 Å². The average Bonchev–Trinajstić information content (AvgIpc) is 2.86. The first-order chi connectivity index (χ1) is 9.81. The van der Waals surface area contributed by atoms with Gasteiger partial charge in [-0.3, -0.25) is 4.72 Å². The van der Waals surface area contributed by atoms with Gasteiger partial charge in [-0.15, -0.1) is 0 Å². The molecule has 0 saturated heterocycles. The summed E-state index contributed by atoms with van der Waals surface area (Å²) in [6, 6.07) is 5.30. The van der Waals surface area contributed by atoms with Crippen LogP contribution in [0.15, 0.2) is 23.2 Å². The van der Waals surface area contributed by atoms with E-state index < -0.39 is 10.0 Å². The molecule has 1 atom stereocenters. The van der Waals surface area contributed by atoms with E-state index in [0.717, 1.165) is 6.26 Å². The van der Waals surface area contributed by atoms with Crippen molar-refractivity contribution in [3.63, 3.8) is 0 Å². The molecule has 0 radical (unpaired) electrons. The number of anilines is 1. The van der Waals surface area contributed by atoms with Gasteiger partial charge in [-0.2, -0.15) is 0 Å². The fourth-order valence-electron chi connectivity index (χ4n) is 2.05. The van der Waals surface area contributed by atoms with Crippen LogP contribution in [-0.4, -0.2) is 40.3 Å². The highest BCUT2D eigenvalue weighted by atomic mass is 32.2. The van der Waals surface area contributed by atoms with E-state index in [1.807, 2.05) is 0 Å². The zero-order valence-corrected chi connectivity index (χ0v) is 13.4. The SMILES string of the molecule is COc1cccc(C2=N[C@@H](C(C)C)CO2)c1NS(C)(=O)=O. The second-order valence-electron chi connectivity index (χ2n) is 5.31. The van der Waals surface area contributed by atoms with Crippen molar-refractivity contribution in [1.29, 1.82) is 0 Å². The summed E-state index contributed by atoms with van der Waals surface area (Å²) in [5.74, 6) is 1.23. The third-order valence-electron chi connectivity index (χ3n) is 3.21. The molecule has 1 heterocycles. The van der Waals surface area contributed by atoms with Crippen LogP contribution in [0.4, 0.5) is 5.69 Å². The van der Waals surface area contributed by atoms with Gasteiger partial charge in [0, 0.05) is 0 Å². The lowest BCUT2D eigenvalue weighted by Gasteiger charge is -2.14. The van der Waals surface area contributed by atoms with Gasteiger partial charge in [-0.05, 0) is 18.1 Å². The first-order valence-electron chi connectivity index (χ1n) is 6.67. The van der Waals surface area contributed by atoms with Crippen molar-refractivity contribution >= 4 is 21.6 Å². The maximum Gasteiger partial charge on any atom is 0.229 e. The molecule has 0 bridgehead atoms. The Morgan fingerprint density at radius 1 is 1.43 bits per heavy atom. The summed E-state index contributed by atoms with van der Waals surface area (Å²) in [5, 5.41) is 0. The first-order valence-corrected chi connectivity index (χ1v) is 8.56. The zero-order valence-electron chi connectivity index (χ0n) is 12.6. The Hall–Kier alpha value is -1.76. The van der Waals surface area contributed by atoms with Crippen molar-refractivity contribution in [1.82, 2.24) is 0 Å². The second kappa shape index (κ2) is 5.93. The van der Waals surface area contributed by atoms with Crippen LogP contribution in [0, 0.1) is 5.92 Å². The van der Waals surface area contributed by atoms with Crippen LogP contribution < -0.4 is 9.46 Å². The predicted molar refractivity (Wildman–Crippen MR) is 82.6 cm³/mol. The van der Waals surface area contributed by atoms with Crippen LogP contribution in [-0.2, 0) is 14.8 Å². The number of aliphatic imine (C=N–C) groups is 1. The molecule has 7 heteroatoms. The van der Waals surface area contributed by atoms with Gasteiger partial charge < -0.3 is 9.47 Å². The van der Waals surface area contributed by atoms with Crippen molar-refractivity contribution in [3.8, 4) is 5.75 Å². The molecule has 1 aliphatic heterocycles. The molecule has 116 valence electrons. The van der Waals surface area contributed by atoms with Gasteiger partial charge in [0.15, 0.2) is 0 Å². The van der Waals surface area contributed by atoms with Crippen molar-refractivity contribution in [2.75, 3.05) is 24.7 Å². The summed E-state index contributed by atoms with van der Waals surface area (Å²) < 4.78 is 36.5. The van der Waals surface area contributed by atoms with E-state index in [1.165, 1.54) is 7.11 Å². The number of benzene rings is 1. The number of rotatable bonds is 5. The van der Waals surface area contributed by atoms with Crippen LogP contribution in [0.2, 0.25) is 0 Å². The minimum atomic E-state index is -3.43. The van der Waals surface area contributed by atoms with Crippen LogP contribution >= 0.6 is 0 Å². The largest absolute Gasteiger partial charge is 0.495 e. The average molecular weight is 312 g/mol. The highest BCUT2D eigenvalue weighted by Gasteiger charge is 2.26. The number of nitrogens with zero attached hydrogens (tertiary/aromatic N) is 1. The molecule has 0 aliphatic carbocycles. The highest BCUT2D eigenvalue weighted by Crippen LogP contribution is 2.31. The lowest BCUT2D eigenvalue weighted by Crippen LogP contribution is -2.15. The van der Waals surface area contributed by atoms with Crippen LogP contribution in [0.3, 0.4) is 0 Å². The Kier molecular flexibility index (Phi) is 4.41. The van der Waals surface area contributed by atoms with Gasteiger partial charge in [0.05, 0.1) is 25.0 Å². The second-order valence-corrected chi connectivity index (χ2v) is 7.06. The van der Waals surface area contributed by atoms with E-state index in [9.17, 15) is 8.42 Å². The van der Waals surface area contributed by atoms with E-state index in [1.54, 1.807) is 18.2 Å². The summed E-state index contributed by atoms with van der Waals surface area (Å²) in [6.45, 7) is 4.64. The number of sulfonamides is 1. The van der Waals surface area contributed by atoms with Gasteiger partial charge in [0.1, 0.15) is 18.0 Å². The van der Waals surface area contributed by atoms with E-state index in [2.05, 4.69) is 23.6 Å². The van der Waals surface area contributed by atoms with Gasteiger partial charge in [-0.25, -0.2) is 13.4 Å². The first kappa shape index (κ1) is 15.6. The molecule has 0 fully saturated rings. The number of nitrogens with one attached hydrogen (secondary N) is 1. The Morgan fingerprint density at radius 2 is 2.14 bits per heavy atom. The molecule has 21 heavy (non-hydrogen) atoms. The van der Waals surface area contributed by atoms with Crippen LogP contribution in [0.1, 0.15) is 19.4 Å². The van der Waals surface area contributed by atoms with E-state index in [-0.39, 0.29) is 6.04 Å². The van der Waals surface area contributed by atoms with Crippen molar-refractivity contribution < 1.29 is 17.9 Å². The zero-order chi connectivity index (χ0) is 15.6. The molecule has 0 aromatic heterocycles. The van der Waals surface area contributed by atoms with Crippen molar-refractivity contribution in [2.24, 2.45) is 10.9 Å². The molecular weight excluding hydrogens is 292 g/mol. The maximum atomic E-state index is 11.6. The monoisotopic (exact) mass is 312 g/mol. The van der Waals surface area contributed by atoms with Crippen LogP contribution in [0.25, 0.3) is 0 Å². The van der Waals surface area contributed by atoms with E-state index >= 15 is 0 Å². The predicted octanol–water partition coefficient (Wildman–Crippen LogP) is 1.87. The van der Waals surface area contributed by atoms with Gasteiger partial charge in [0.25, 0.3) is 0 Å². The molecule has 1 aromatic carbocycles. The summed E-state index contributed by atoms with van der Waals surface area (Å²) >= 11 is 0. The Balaban J connectivity index is 2.47. The molecule has 1 aliphatic rings. The minimum absolute atomic E-state index is 0.0808. The third kappa shape index (κ3) is 3.66. The number of methoxy groups -OCH3 is 1. The van der Waals surface area contributed by atoms with Crippen molar-refractivity contribution in [3.05, 3.63) is 23.8 Å². The Labute approximate surface area is 125 Å². The molecule has 0 saturated carbocycles. The van der Waals surface area contributed by atoms with E-state index in [0.29, 0.717) is 35.4 Å². The van der Waals surface area contributed by atoms with Gasteiger partial charge in [-0.1, -0.05) is 19.9 Å². The number of hydrogen-bond donors (Lipinski definition) is 1. The van der Waals surface area contributed by atoms with Crippen molar-refractivity contribution in [2.45, 2.75) is 19.9 Å². The molecule has 0 unspecified atom stereocenters. The molecule has 0 spiro atoms.